The van der Waals surface area contributed by atoms with E-state index in [0.717, 1.165) is 12.0 Å². The summed E-state index contributed by atoms with van der Waals surface area (Å²) in [5.74, 6) is 1.07. The first-order valence-corrected chi connectivity index (χ1v) is 6.59. The van der Waals surface area contributed by atoms with Gasteiger partial charge in [0.25, 0.3) is 0 Å². The molecular formula is C14H13N5O2. The van der Waals surface area contributed by atoms with Crippen LogP contribution in [0.15, 0.2) is 24.3 Å². The molecule has 0 amide bonds. The van der Waals surface area contributed by atoms with Gasteiger partial charge in [0.15, 0.2) is 12.1 Å². The van der Waals surface area contributed by atoms with Gasteiger partial charge in [-0.25, -0.2) is 9.97 Å². The molecule has 3 rings (SSSR count). The molecule has 7 heteroatoms. The average Bonchev–Trinajstić information content (AvgIpc) is 3.00. The molecule has 0 atom stereocenters. The molecule has 0 radical (unpaired) electrons. The minimum atomic E-state index is 0.227. The number of fused-ring (bicyclic) bond motifs is 1. The summed E-state index contributed by atoms with van der Waals surface area (Å²) in [4.78, 5) is 19.7. The van der Waals surface area contributed by atoms with Crippen molar-refractivity contribution in [3.8, 4) is 17.1 Å². The van der Waals surface area contributed by atoms with Gasteiger partial charge in [-0.1, -0.05) is 24.3 Å². The highest BCUT2D eigenvalue weighted by atomic mass is 16.5. The number of ether oxygens (including phenoxy) is 1. The van der Waals surface area contributed by atoms with Crippen molar-refractivity contribution in [2.24, 2.45) is 0 Å². The zero-order chi connectivity index (χ0) is 14.7. The number of benzene rings is 1. The molecule has 0 unspecified atom stereocenters. The largest absolute Gasteiger partial charge is 0.493 e. The fourth-order valence-electron chi connectivity index (χ4n) is 1.96. The van der Waals surface area contributed by atoms with E-state index in [1.54, 1.807) is 0 Å². The number of aromatic nitrogens is 5. The van der Waals surface area contributed by atoms with Crippen LogP contribution in [0, 0.1) is 0 Å². The molecule has 1 N–H and O–H groups in total. The molecule has 106 valence electrons. The second-order valence-corrected chi connectivity index (χ2v) is 4.41. The number of hydrogen-bond donors (Lipinski definition) is 1. The summed E-state index contributed by atoms with van der Waals surface area (Å²) in [5.41, 5.74) is 1.73. The van der Waals surface area contributed by atoms with E-state index in [2.05, 4.69) is 25.4 Å². The Labute approximate surface area is 120 Å². The SMILES string of the molecule is CCCOc1ccccc1-c1nc(C=O)c2[nH]nnc2n1. The molecule has 0 saturated heterocycles. The van der Waals surface area contributed by atoms with Crippen molar-refractivity contribution in [3.05, 3.63) is 30.0 Å². The minimum Gasteiger partial charge on any atom is -0.493 e. The number of para-hydroxylation sites is 1. The highest BCUT2D eigenvalue weighted by Crippen LogP contribution is 2.28. The maximum atomic E-state index is 11.2. The molecule has 21 heavy (non-hydrogen) atoms. The summed E-state index contributed by atoms with van der Waals surface area (Å²) < 4.78 is 5.70. The Balaban J connectivity index is 2.13. The standard InChI is InChI=1S/C14H13N5O2/c1-2-7-21-11-6-4-3-5-9(11)13-15-10(8-20)12-14(16-13)18-19-17-12/h3-6,8H,2,7H2,1H3,(H,15,16,17,18,19). The highest BCUT2D eigenvalue weighted by molar-refractivity contribution is 5.91. The Morgan fingerprint density at radius 3 is 2.95 bits per heavy atom. The molecule has 0 aliphatic carbocycles. The van der Waals surface area contributed by atoms with E-state index in [9.17, 15) is 4.79 Å². The van der Waals surface area contributed by atoms with Gasteiger partial charge in [-0.3, -0.25) is 9.89 Å². The second kappa shape index (κ2) is 5.66. The number of aldehydes is 1. The number of hydrogen-bond acceptors (Lipinski definition) is 6. The van der Waals surface area contributed by atoms with Gasteiger partial charge in [0, 0.05) is 0 Å². The van der Waals surface area contributed by atoms with E-state index in [0.29, 0.717) is 35.6 Å². The van der Waals surface area contributed by atoms with Crippen LogP contribution in [0.1, 0.15) is 23.8 Å². The van der Waals surface area contributed by atoms with Gasteiger partial charge < -0.3 is 4.74 Å². The molecule has 0 fully saturated rings. The molecule has 0 aliphatic heterocycles. The van der Waals surface area contributed by atoms with Crippen LogP contribution in [-0.4, -0.2) is 38.3 Å². The molecule has 7 nitrogen and oxygen atoms in total. The van der Waals surface area contributed by atoms with Crippen molar-refractivity contribution in [2.75, 3.05) is 6.61 Å². The topological polar surface area (TPSA) is 93.7 Å². The van der Waals surface area contributed by atoms with Crippen molar-refractivity contribution in [1.82, 2.24) is 25.4 Å². The third-order valence-electron chi connectivity index (χ3n) is 2.93. The number of nitrogens with one attached hydrogen (secondary N) is 1. The molecule has 0 spiro atoms. The van der Waals surface area contributed by atoms with Crippen LogP contribution in [-0.2, 0) is 0 Å². The Morgan fingerprint density at radius 2 is 2.14 bits per heavy atom. The monoisotopic (exact) mass is 283 g/mol. The first-order chi connectivity index (χ1) is 10.3. The van der Waals surface area contributed by atoms with Crippen LogP contribution >= 0.6 is 0 Å². The Hall–Kier alpha value is -2.83. The number of nitrogens with zero attached hydrogens (tertiary/aromatic N) is 4. The number of carbonyl (C=O) groups excluding carboxylic acids is 1. The lowest BCUT2D eigenvalue weighted by Gasteiger charge is -2.09. The lowest BCUT2D eigenvalue weighted by Crippen LogP contribution is -2.01. The minimum absolute atomic E-state index is 0.227. The van der Waals surface area contributed by atoms with Crippen molar-refractivity contribution in [3.63, 3.8) is 0 Å². The van der Waals surface area contributed by atoms with Crippen LogP contribution in [0.5, 0.6) is 5.75 Å². The molecule has 2 heterocycles. The van der Waals surface area contributed by atoms with Gasteiger partial charge >= 0.3 is 0 Å². The summed E-state index contributed by atoms with van der Waals surface area (Å²) in [6, 6.07) is 7.44. The van der Waals surface area contributed by atoms with Crippen LogP contribution in [0.2, 0.25) is 0 Å². The van der Waals surface area contributed by atoms with Gasteiger partial charge in [0.05, 0.1) is 12.2 Å². The summed E-state index contributed by atoms with van der Waals surface area (Å²) in [5, 5.41) is 10.1. The van der Waals surface area contributed by atoms with Crippen LogP contribution in [0.3, 0.4) is 0 Å². The normalized spacial score (nSPS) is 10.7. The fraction of sp³-hybridized carbons (Fsp3) is 0.214. The van der Waals surface area contributed by atoms with E-state index in [1.165, 1.54) is 0 Å². The average molecular weight is 283 g/mol. The first kappa shape index (κ1) is 13.2. The van der Waals surface area contributed by atoms with Gasteiger partial charge in [-0.05, 0) is 18.6 Å². The zero-order valence-corrected chi connectivity index (χ0v) is 11.4. The predicted octanol–water partition coefficient (Wildman–Crippen LogP) is 2.02. The van der Waals surface area contributed by atoms with Crippen molar-refractivity contribution >= 4 is 17.5 Å². The smallest absolute Gasteiger partial charge is 0.205 e. The second-order valence-electron chi connectivity index (χ2n) is 4.41. The van der Waals surface area contributed by atoms with Gasteiger partial charge in [0.2, 0.25) is 5.65 Å². The molecule has 0 saturated carbocycles. The first-order valence-electron chi connectivity index (χ1n) is 6.59. The van der Waals surface area contributed by atoms with E-state index >= 15 is 0 Å². The van der Waals surface area contributed by atoms with Crippen LogP contribution in [0.25, 0.3) is 22.6 Å². The lowest BCUT2D eigenvalue weighted by molar-refractivity contribution is 0.112. The zero-order valence-electron chi connectivity index (χ0n) is 11.4. The molecule has 2 aromatic heterocycles. The quantitative estimate of drug-likeness (QED) is 0.720. The Morgan fingerprint density at radius 1 is 1.29 bits per heavy atom. The van der Waals surface area contributed by atoms with Gasteiger partial charge in [-0.15, -0.1) is 5.10 Å². The summed E-state index contributed by atoms with van der Waals surface area (Å²) >= 11 is 0. The predicted molar refractivity (Wildman–Crippen MR) is 76.1 cm³/mol. The van der Waals surface area contributed by atoms with Crippen LogP contribution < -0.4 is 4.74 Å². The molecule has 0 aliphatic rings. The molecular weight excluding hydrogens is 270 g/mol. The Kier molecular flexibility index (Phi) is 3.55. The van der Waals surface area contributed by atoms with Gasteiger partial charge in [-0.2, -0.15) is 0 Å². The summed E-state index contributed by atoms with van der Waals surface area (Å²) in [6.45, 7) is 2.63. The maximum Gasteiger partial charge on any atom is 0.205 e. The summed E-state index contributed by atoms with van der Waals surface area (Å²) in [7, 11) is 0. The van der Waals surface area contributed by atoms with E-state index in [-0.39, 0.29) is 5.69 Å². The van der Waals surface area contributed by atoms with Crippen molar-refractivity contribution < 1.29 is 9.53 Å². The molecule has 3 aromatic rings. The number of rotatable bonds is 5. The lowest BCUT2D eigenvalue weighted by atomic mass is 10.2. The number of aromatic amines is 1. The number of H-pyrrole nitrogens is 1. The number of carbonyl (C=O) groups is 1. The van der Waals surface area contributed by atoms with E-state index in [4.69, 9.17) is 4.74 Å². The van der Waals surface area contributed by atoms with E-state index < -0.39 is 0 Å². The molecule has 0 bridgehead atoms. The van der Waals surface area contributed by atoms with E-state index in [1.807, 2.05) is 31.2 Å². The fourth-order valence-corrected chi connectivity index (χ4v) is 1.96. The Bertz CT molecular complexity index is 784. The third kappa shape index (κ3) is 2.45. The highest BCUT2D eigenvalue weighted by Gasteiger charge is 2.14. The van der Waals surface area contributed by atoms with Crippen LogP contribution in [0.4, 0.5) is 0 Å². The summed E-state index contributed by atoms with van der Waals surface area (Å²) in [6.07, 6.45) is 1.56. The van der Waals surface area contributed by atoms with Crippen molar-refractivity contribution in [1.29, 1.82) is 0 Å². The van der Waals surface area contributed by atoms with Gasteiger partial charge in [0.1, 0.15) is 17.0 Å². The molecule has 1 aromatic carbocycles. The maximum absolute atomic E-state index is 11.2. The third-order valence-corrected chi connectivity index (χ3v) is 2.93. The van der Waals surface area contributed by atoms with Crippen molar-refractivity contribution in [2.45, 2.75) is 13.3 Å².